The van der Waals surface area contributed by atoms with Crippen molar-refractivity contribution in [1.29, 1.82) is 0 Å². The van der Waals surface area contributed by atoms with Gasteiger partial charge in [0, 0.05) is 6.54 Å². The lowest BCUT2D eigenvalue weighted by Gasteiger charge is -2.39. The maximum Gasteiger partial charge on any atom is 0.260 e. The van der Waals surface area contributed by atoms with Gasteiger partial charge in [0.1, 0.15) is 0 Å². The molecule has 0 atom stereocenters. The summed E-state index contributed by atoms with van der Waals surface area (Å²) in [6.07, 6.45) is 2.74. The Labute approximate surface area is 122 Å². The van der Waals surface area contributed by atoms with Crippen LogP contribution < -0.4 is 11.1 Å². The van der Waals surface area contributed by atoms with Gasteiger partial charge in [0.05, 0.1) is 16.7 Å². The number of hydrogen-bond acceptors (Lipinski definition) is 5. The van der Waals surface area contributed by atoms with Crippen LogP contribution in [-0.4, -0.2) is 22.6 Å². The lowest BCUT2D eigenvalue weighted by atomic mass is 9.68. The third-order valence-corrected chi connectivity index (χ3v) is 4.12. The lowest BCUT2D eigenvalue weighted by molar-refractivity contribution is -0.129. The van der Waals surface area contributed by atoms with Gasteiger partial charge >= 0.3 is 0 Å². The van der Waals surface area contributed by atoms with Gasteiger partial charge in [-0.25, -0.2) is 0 Å². The van der Waals surface area contributed by atoms with E-state index < -0.39 is 5.41 Å². The first-order valence-corrected chi connectivity index (χ1v) is 7.06. The van der Waals surface area contributed by atoms with E-state index in [0.717, 1.165) is 24.8 Å². The molecule has 0 saturated heterocycles. The number of carbonyl (C=O) groups excluding carboxylic acids is 1. The van der Waals surface area contributed by atoms with Crippen molar-refractivity contribution >= 4 is 11.6 Å². The third-order valence-electron chi connectivity index (χ3n) is 4.12. The minimum Gasteiger partial charge on any atom is -0.334 e. The number of nitrogens with zero attached hydrogens (tertiary/aromatic N) is 2. The Kier molecular flexibility index (Phi) is 3.47. The van der Waals surface area contributed by atoms with Crippen LogP contribution in [0.3, 0.4) is 0 Å². The van der Waals surface area contributed by atoms with Gasteiger partial charge in [-0.2, -0.15) is 4.98 Å². The number of para-hydroxylation sites is 1. The van der Waals surface area contributed by atoms with Crippen molar-refractivity contribution < 1.29 is 9.32 Å². The highest BCUT2D eigenvalue weighted by molar-refractivity contribution is 5.98. The van der Waals surface area contributed by atoms with E-state index in [4.69, 9.17) is 10.3 Å². The summed E-state index contributed by atoms with van der Waals surface area (Å²) in [5.74, 6) is 0.933. The third kappa shape index (κ3) is 2.42. The minimum atomic E-state index is -0.419. The van der Waals surface area contributed by atoms with Crippen molar-refractivity contribution in [3.63, 3.8) is 0 Å². The second-order valence-corrected chi connectivity index (χ2v) is 5.48. The average molecular weight is 286 g/mol. The molecule has 110 valence electrons. The molecule has 0 spiro atoms. The molecule has 2 aromatic rings. The summed E-state index contributed by atoms with van der Waals surface area (Å²) in [6, 6.07) is 7.40. The highest BCUT2D eigenvalue weighted by Gasteiger charge is 2.43. The molecule has 1 aliphatic carbocycles. The van der Waals surface area contributed by atoms with E-state index in [-0.39, 0.29) is 5.91 Å². The second kappa shape index (κ2) is 5.29. The fourth-order valence-electron chi connectivity index (χ4n) is 2.57. The van der Waals surface area contributed by atoms with Crippen LogP contribution in [0.25, 0.3) is 11.5 Å². The zero-order valence-electron chi connectivity index (χ0n) is 11.9. The van der Waals surface area contributed by atoms with E-state index >= 15 is 0 Å². The first-order chi connectivity index (χ1) is 10.1. The van der Waals surface area contributed by atoms with E-state index in [1.807, 2.05) is 24.3 Å². The van der Waals surface area contributed by atoms with Crippen molar-refractivity contribution in [1.82, 2.24) is 10.1 Å². The summed E-state index contributed by atoms with van der Waals surface area (Å²) in [4.78, 5) is 16.7. The van der Waals surface area contributed by atoms with Crippen LogP contribution in [0, 0.1) is 12.3 Å². The van der Waals surface area contributed by atoms with E-state index in [1.165, 1.54) is 0 Å². The summed E-state index contributed by atoms with van der Waals surface area (Å²) in [6.45, 7) is 2.13. The van der Waals surface area contributed by atoms with Crippen LogP contribution >= 0.6 is 0 Å². The molecule has 1 fully saturated rings. The topological polar surface area (TPSA) is 94.0 Å². The predicted octanol–water partition coefficient (Wildman–Crippen LogP) is 2.11. The minimum absolute atomic E-state index is 0.0278. The van der Waals surface area contributed by atoms with Gasteiger partial charge in [0.25, 0.3) is 5.89 Å². The summed E-state index contributed by atoms with van der Waals surface area (Å²) in [5, 5.41) is 6.75. The molecule has 1 aliphatic rings. The smallest absolute Gasteiger partial charge is 0.260 e. The Hall–Kier alpha value is -2.21. The molecule has 3 N–H and O–H groups in total. The van der Waals surface area contributed by atoms with E-state index in [9.17, 15) is 4.79 Å². The molecular weight excluding hydrogens is 268 g/mol. The molecule has 6 heteroatoms. The number of carbonyl (C=O) groups is 1. The van der Waals surface area contributed by atoms with Crippen molar-refractivity contribution in [3.8, 4) is 11.5 Å². The Bertz CT molecular complexity index is 656. The predicted molar refractivity (Wildman–Crippen MR) is 78.4 cm³/mol. The average Bonchev–Trinajstić information content (AvgIpc) is 2.85. The molecular formula is C15H18N4O2. The number of aromatic nitrogens is 2. The van der Waals surface area contributed by atoms with Crippen LogP contribution in [0.1, 0.15) is 25.1 Å². The van der Waals surface area contributed by atoms with Crippen molar-refractivity contribution in [3.05, 3.63) is 30.1 Å². The van der Waals surface area contributed by atoms with Gasteiger partial charge in [-0.1, -0.05) is 23.7 Å². The SMILES string of the molecule is Cc1noc(-c2ccccc2NC(=O)C2(CN)CCC2)n1. The Morgan fingerprint density at radius 2 is 2.19 bits per heavy atom. The zero-order chi connectivity index (χ0) is 14.9. The second-order valence-electron chi connectivity index (χ2n) is 5.48. The van der Waals surface area contributed by atoms with Gasteiger partial charge in [0.2, 0.25) is 5.91 Å². The van der Waals surface area contributed by atoms with Crippen molar-refractivity contribution in [2.45, 2.75) is 26.2 Å². The van der Waals surface area contributed by atoms with Gasteiger partial charge < -0.3 is 15.6 Å². The quantitative estimate of drug-likeness (QED) is 0.897. The molecule has 0 bridgehead atoms. The molecule has 0 radical (unpaired) electrons. The maximum atomic E-state index is 12.5. The number of aryl methyl sites for hydroxylation is 1. The molecule has 0 aliphatic heterocycles. The van der Waals surface area contributed by atoms with Crippen molar-refractivity contribution in [2.75, 3.05) is 11.9 Å². The van der Waals surface area contributed by atoms with Crippen LogP contribution in [0.5, 0.6) is 0 Å². The van der Waals surface area contributed by atoms with Gasteiger partial charge in [0.15, 0.2) is 5.82 Å². The summed E-state index contributed by atoms with van der Waals surface area (Å²) < 4.78 is 5.19. The molecule has 21 heavy (non-hydrogen) atoms. The van der Waals surface area contributed by atoms with Crippen LogP contribution in [0.2, 0.25) is 0 Å². The standard InChI is InChI=1S/C15H18N4O2/c1-10-17-13(21-19-10)11-5-2-3-6-12(11)18-14(20)15(9-16)7-4-8-15/h2-3,5-6H,4,7-9,16H2,1H3,(H,18,20). The molecule has 1 saturated carbocycles. The normalized spacial score (nSPS) is 16.3. The number of rotatable bonds is 4. The maximum absolute atomic E-state index is 12.5. The van der Waals surface area contributed by atoms with E-state index in [2.05, 4.69) is 15.5 Å². The largest absolute Gasteiger partial charge is 0.334 e. The van der Waals surface area contributed by atoms with Gasteiger partial charge in [-0.15, -0.1) is 0 Å². The van der Waals surface area contributed by atoms with Gasteiger partial charge in [-0.05, 0) is 31.9 Å². The first-order valence-electron chi connectivity index (χ1n) is 7.06. The number of amides is 1. The van der Waals surface area contributed by atoms with Crippen LogP contribution in [0.15, 0.2) is 28.8 Å². The molecule has 1 heterocycles. The monoisotopic (exact) mass is 286 g/mol. The number of nitrogens with two attached hydrogens (primary N) is 1. The fraction of sp³-hybridized carbons (Fsp3) is 0.400. The highest BCUT2D eigenvalue weighted by atomic mass is 16.5. The summed E-state index contributed by atoms with van der Waals surface area (Å²) in [7, 11) is 0. The Morgan fingerprint density at radius 3 is 2.76 bits per heavy atom. The number of nitrogens with one attached hydrogen (secondary N) is 1. The zero-order valence-corrected chi connectivity index (χ0v) is 11.9. The molecule has 1 aromatic heterocycles. The number of benzene rings is 1. The summed E-state index contributed by atoms with van der Waals surface area (Å²) in [5.41, 5.74) is 6.75. The molecule has 3 rings (SSSR count). The molecule has 0 unspecified atom stereocenters. The molecule has 1 aromatic carbocycles. The molecule has 6 nitrogen and oxygen atoms in total. The Morgan fingerprint density at radius 1 is 1.43 bits per heavy atom. The van der Waals surface area contributed by atoms with E-state index in [1.54, 1.807) is 6.92 Å². The number of hydrogen-bond donors (Lipinski definition) is 2. The van der Waals surface area contributed by atoms with Crippen molar-refractivity contribution in [2.24, 2.45) is 11.1 Å². The fourth-order valence-corrected chi connectivity index (χ4v) is 2.57. The first kappa shape index (κ1) is 13.8. The number of anilines is 1. The van der Waals surface area contributed by atoms with Crippen LogP contribution in [0.4, 0.5) is 5.69 Å². The van der Waals surface area contributed by atoms with Crippen LogP contribution in [-0.2, 0) is 4.79 Å². The van der Waals surface area contributed by atoms with E-state index in [0.29, 0.717) is 23.9 Å². The highest BCUT2D eigenvalue weighted by Crippen LogP contribution is 2.41. The Balaban J connectivity index is 1.88. The van der Waals surface area contributed by atoms with Gasteiger partial charge in [-0.3, -0.25) is 4.79 Å². The summed E-state index contributed by atoms with van der Waals surface area (Å²) >= 11 is 0. The molecule has 1 amide bonds. The lowest BCUT2D eigenvalue weighted by Crippen LogP contribution is -2.47.